The molecule has 0 aliphatic carbocycles. The van der Waals surface area contributed by atoms with Crippen LogP contribution in [-0.2, 0) is 0 Å². The molecule has 0 unspecified atom stereocenters. The molecule has 0 saturated heterocycles. The maximum absolute atomic E-state index is 5.16. The van der Waals surface area contributed by atoms with Crippen LogP contribution in [0, 0.1) is 0 Å². The minimum atomic E-state index is 0.669. The molecule has 10 rings (SSSR count). The Kier molecular flexibility index (Phi) is 6.74. The summed E-state index contributed by atoms with van der Waals surface area (Å²) in [6, 6.07) is 57.3. The van der Waals surface area contributed by atoms with E-state index in [1.165, 1.54) is 32.3 Å². The number of fused-ring (bicyclic) bond motifs is 4. The van der Waals surface area contributed by atoms with Crippen molar-refractivity contribution in [2.45, 2.75) is 0 Å². The molecule has 238 valence electrons. The molecule has 0 atom stereocenters. The predicted octanol–water partition coefficient (Wildman–Crippen LogP) is 11.3. The van der Waals surface area contributed by atoms with Crippen molar-refractivity contribution in [3.05, 3.63) is 176 Å². The molecule has 0 amide bonds. The minimum Gasteiger partial charge on any atom is -0.291 e. The smallest absolute Gasteiger partial charge is 0.160 e. The summed E-state index contributed by atoms with van der Waals surface area (Å²) in [5, 5.41) is 7.13. The fraction of sp³-hybridized carbons (Fsp3) is 0. The summed E-state index contributed by atoms with van der Waals surface area (Å²) in [5.74, 6) is 1.53. The van der Waals surface area contributed by atoms with Crippen LogP contribution < -0.4 is 0 Å². The fourth-order valence-electron chi connectivity index (χ4n) is 7.04. The number of hydrogen-bond acceptors (Lipinski definition) is 4. The molecule has 0 N–H and O–H groups in total. The van der Waals surface area contributed by atoms with E-state index in [1.54, 1.807) is 6.20 Å². The third-order valence-electron chi connectivity index (χ3n) is 9.66. The summed E-state index contributed by atoms with van der Waals surface area (Å²) in [5.41, 5.74) is 8.65. The van der Waals surface area contributed by atoms with Gasteiger partial charge in [-0.25, -0.2) is 15.0 Å². The number of aromatic nitrogens is 5. The van der Waals surface area contributed by atoms with Gasteiger partial charge in [0, 0.05) is 34.1 Å². The highest BCUT2D eigenvalue weighted by atomic mass is 15.1. The Hall–Kier alpha value is -6.98. The van der Waals surface area contributed by atoms with Gasteiger partial charge in [0.15, 0.2) is 5.82 Å². The van der Waals surface area contributed by atoms with Crippen LogP contribution in [0.4, 0.5) is 0 Å². The van der Waals surface area contributed by atoms with Crippen LogP contribution >= 0.6 is 0 Å². The fourth-order valence-corrected chi connectivity index (χ4v) is 7.04. The molecule has 0 aliphatic heterocycles. The topological polar surface area (TPSA) is 56.5 Å². The van der Waals surface area contributed by atoms with Crippen LogP contribution in [0.1, 0.15) is 0 Å². The van der Waals surface area contributed by atoms with E-state index in [4.69, 9.17) is 15.0 Å². The number of imidazole rings is 1. The van der Waals surface area contributed by atoms with Gasteiger partial charge in [0.1, 0.15) is 5.82 Å². The first-order valence-corrected chi connectivity index (χ1v) is 17.0. The summed E-state index contributed by atoms with van der Waals surface area (Å²) in [6.07, 6.45) is 3.67. The summed E-state index contributed by atoms with van der Waals surface area (Å²) in [4.78, 5) is 19.9. The van der Waals surface area contributed by atoms with Crippen molar-refractivity contribution in [3.8, 4) is 51.0 Å². The van der Waals surface area contributed by atoms with Crippen LogP contribution in [0.3, 0.4) is 0 Å². The van der Waals surface area contributed by atoms with Crippen LogP contribution in [0.5, 0.6) is 0 Å². The Balaban J connectivity index is 1.11. The zero-order valence-electron chi connectivity index (χ0n) is 27.5. The third-order valence-corrected chi connectivity index (χ3v) is 9.66. The van der Waals surface area contributed by atoms with Crippen LogP contribution in [-0.4, -0.2) is 24.5 Å². The number of rotatable bonds is 5. The number of hydrogen-bond donors (Lipinski definition) is 0. The first kappa shape index (κ1) is 29.0. The number of benzene rings is 7. The molecule has 0 bridgehead atoms. The summed E-state index contributed by atoms with van der Waals surface area (Å²) in [7, 11) is 0. The lowest BCUT2D eigenvalue weighted by atomic mass is 10.0. The van der Waals surface area contributed by atoms with E-state index in [9.17, 15) is 0 Å². The summed E-state index contributed by atoms with van der Waals surface area (Å²) < 4.78 is 2.18. The lowest BCUT2D eigenvalue weighted by Crippen LogP contribution is -1.99. The molecule has 0 radical (unpaired) electrons. The van der Waals surface area contributed by atoms with Crippen molar-refractivity contribution < 1.29 is 0 Å². The Labute approximate surface area is 294 Å². The van der Waals surface area contributed by atoms with E-state index in [2.05, 4.69) is 167 Å². The number of pyridine rings is 1. The second-order valence-corrected chi connectivity index (χ2v) is 12.8. The average molecular weight is 652 g/mol. The molecule has 3 aromatic heterocycles. The Morgan fingerprint density at radius 2 is 0.882 bits per heavy atom. The molecule has 51 heavy (non-hydrogen) atoms. The lowest BCUT2D eigenvalue weighted by molar-refractivity contribution is 1.10. The molecular weight excluding hydrogens is 623 g/mol. The SMILES string of the molecule is c1ccc2cc(-c3cc(-c4ccc5ccccc5c4)nc(-c4ccc(-n5c(-c6ccc7ccccc7c6)nc6ccncc65)cc4)n3)ccc2c1. The van der Waals surface area contributed by atoms with Crippen molar-refractivity contribution in [3.63, 3.8) is 0 Å². The minimum absolute atomic E-state index is 0.669. The van der Waals surface area contributed by atoms with Gasteiger partial charge in [-0.3, -0.25) is 9.55 Å². The zero-order valence-corrected chi connectivity index (χ0v) is 27.5. The maximum Gasteiger partial charge on any atom is 0.160 e. The van der Waals surface area contributed by atoms with Crippen molar-refractivity contribution in [1.29, 1.82) is 0 Å². The Bertz CT molecular complexity index is 2830. The number of nitrogens with zero attached hydrogens (tertiary/aromatic N) is 5. The zero-order chi connectivity index (χ0) is 33.7. The van der Waals surface area contributed by atoms with Gasteiger partial charge in [0.25, 0.3) is 0 Å². The van der Waals surface area contributed by atoms with E-state index in [-0.39, 0.29) is 0 Å². The van der Waals surface area contributed by atoms with Crippen molar-refractivity contribution in [1.82, 2.24) is 24.5 Å². The second-order valence-electron chi connectivity index (χ2n) is 12.8. The molecule has 7 aromatic carbocycles. The van der Waals surface area contributed by atoms with Gasteiger partial charge in [-0.2, -0.15) is 0 Å². The maximum atomic E-state index is 5.16. The monoisotopic (exact) mass is 651 g/mol. The van der Waals surface area contributed by atoms with Crippen molar-refractivity contribution in [2.24, 2.45) is 0 Å². The quantitative estimate of drug-likeness (QED) is 0.186. The summed E-state index contributed by atoms with van der Waals surface area (Å²) in [6.45, 7) is 0. The van der Waals surface area contributed by atoms with Crippen LogP contribution in [0.25, 0.3) is 94.3 Å². The van der Waals surface area contributed by atoms with Gasteiger partial charge in [-0.15, -0.1) is 0 Å². The first-order chi connectivity index (χ1) is 25.2. The van der Waals surface area contributed by atoms with Crippen LogP contribution in [0.2, 0.25) is 0 Å². The molecular formula is C46H29N5. The lowest BCUT2D eigenvalue weighted by Gasteiger charge is -2.13. The molecule has 5 heteroatoms. The van der Waals surface area contributed by atoms with Gasteiger partial charge in [-0.1, -0.05) is 109 Å². The average Bonchev–Trinajstić information content (AvgIpc) is 3.60. The van der Waals surface area contributed by atoms with Gasteiger partial charge < -0.3 is 0 Å². The largest absolute Gasteiger partial charge is 0.291 e. The van der Waals surface area contributed by atoms with Crippen molar-refractivity contribution >= 4 is 43.4 Å². The van der Waals surface area contributed by atoms with E-state index >= 15 is 0 Å². The van der Waals surface area contributed by atoms with Gasteiger partial charge in [-0.05, 0) is 86.9 Å². The normalized spacial score (nSPS) is 11.5. The molecule has 0 saturated carbocycles. The van der Waals surface area contributed by atoms with Crippen molar-refractivity contribution in [2.75, 3.05) is 0 Å². The van der Waals surface area contributed by atoms with E-state index in [0.717, 1.165) is 56.2 Å². The first-order valence-electron chi connectivity index (χ1n) is 17.0. The van der Waals surface area contributed by atoms with Crippen LogP contribution in [0.15, 0.2) is 176 Å². The highest BCUT2D eigenvalue weighted by Gasteiger charge is 2.17. The third kappa shape index (κ3) is 5.20. The Morgan fingerprint density at radius 3 is 1.45 bits per heavy atom. The predicted molar refractivity (Wildman–Crippen MR) is 209 cm³/mol. The highest BCUT2D eigenvalue weighted by Crippen LogP contribution is 2.33. The molecule has 3 heterocycles. The highest BCUT2D eigenvalue weighted by molar-refractivity contribution is 5.91. The van der Waals surface area contributed by atoms with E-state index in [0.29, 0.717) is 5.82 Å². The standard InChI is InChI=1S/C46H29N5/c1-4-10-34-25-37(16-13-30(34)7-1)42-28-43(38-17-14-31-8-2-5-11-35(31)26-38)49-45(48-42)33-19-21-40(22-20-33)51-44-29-47-24-23-41(44)50-46(51)39-18-15-32-9-3-6-12-36(32)27-39/h1-29H. The van der Waals surface area contributed by atoms with Gasteiger partial charge >= 0.3 is 0 Å². The molecule has 0 fully saturated rings. The molecule has 0 spiro atoms. The van der Waals surface area contributed by atoms with Gasteiger partial charge in [0.05, 0.1) is 28.6 Å². The molecule has 10 aromatic rings. The molecule has 5 nitrogen and oxygen atoms in total. The summed E-state index contributed by atoms with van der Waals surface area (Å²) >= 11 is 0. The van der Waals surface area contributed by atoms with E-state index < -0.39 is 0 Å². The molecule has 0 aliphatic rings. The Morgan fingerprint density at radius 1 is 0.392 bits per heavy atom. The second kappa shape index (κ2) is 11.9. The van der Waals surface area contributed by atoms with Gasteiger partial charge in [0.2, 0.25) is 0 Å². The van der Waals surface area contributed by atoms with E-state index in [1.807, 2.05) is 12.3 Å².